The zero-order valence-electron chi connectivity index (χ0n) is 47.3. The first-order valence-corrected chi connectivity index (χ1v) is 26.9. The van der Waals surface area contributed by atoms with Crippen LogP contribution in [-0.4, -0.2) is 167 Å². The fraction of sp³-hybridized carbons (Fsp3) is 0.593. The molecule has 3 rings (SSSR count). The van der Waals surface area contributed by atoms with E-state index in [0.717, 1.165) is 12.1 Å². The maximum atomic E-state index is 14.2. The number of aliphatic hydroxyl groups excluding tert-OH is 2. The number of nitrogens with one attached hydrogen (secondary N) is 10. The average Bonchev–Trinajstić information content (AvgIpc) is 3.40. The minimum absolute atomic E-state index is 0.0209. The summed E-state index contributed by atoms with van der Waals surface area (Å²) in [5.41, 5.74) is 10.0. The molecule has 0 aliphatic heterocycles. The summed E-state index contributed by atoms with van der Waals surface area (Å²) in [6.07, 6.45) is 0.997. The number of aliphatic hydroxyl groups is 2. The molecule has 80 heavy (non-hydrogen) atoms. The summed E-state index contributed by atoms with van der Waals surface area (Å²) in [6.45, 7) is 16.1. The highest BCUT2D eigenvalue weighted by atomic mass is 16.3. The van der Waals surface area contributed by atoms with Gasteiger partial charge in [0.05, 0.1) is 35.5 Å². The normalized spacial score (nSPS) is 15.1. The van der Waals surface area contributed by atoms with Crippen LogP contribution in [0, 0.1) is 23.7 Å². The quantitative estimate of drug-likeness (QED) is 0.0244. The first-order valence-electron chi connectivity index (χ1n) is 26.9. The van der Waals surface area contributed by atoms with Gasteiger partial charge in [0.15, 0.2) is 0 Å². The van der Waals surface area contributed by atoms with Crippen LogP contribution in [0.4, 0.5) is 11.4 Å². The lowest BCUT2D eigenvalue weighted by Crippen LogP contribution is -2.58. The highest BCUT2D eigenvalue weighted by molar-refractivity contribution is 6.33. The molecule has 444 valence electrons. The van der Waals surface area contributed by atoms with E-state index in [2.05, 4.69) is 53.2 Å². The van der Waals surface area contributed by atoms with Crippen LogP contribution in [-0.2, 0) is 38.4 Å². The van der Waals surface area contributed by atoms with Gasteiger partial charge in [-0.2, -0.15) is 0 Å². The molecule has 0 spiro atoms. The van der Waals surface area contributed by atoms with Gasteiger partial charge in [-0.05, 0) is 87.5 Å². The van der Waals surface area contributed by atoms with Gasteiger partial charge in [-0.15, -0.1) is 0 Å². The molecule has 0 fully saturated rings. The second kappa shape index (κ2) is 31.4. The number of carbonyl (C=O) groups is 10. The summed E-state index contributed by atoms with van der Waals surface area (Å²) in [7, 11) is 0. The van der Waals surface area contributed by atoms with E-state index in [0.29, 0.717) is 0 Å². The maximum Gasteiger partial charge on any atom is 0.243 e. The summed E-state index contributed by atoms with van der Waals surface area (Å²) in [5.74, 6) is -8.42. The molecular formula is C54H84N12O14. The molecule has 2 aromatic rings. The number of ketones is 2. The Balaban J connectivity index is 1.70. The number of hydrogen-bond donors (Lipinski definition) is 16. The van der Waals surface area contributed by atoms with E-state index in [1.165, 1.54) is 26.0 Å². The van der Waals surface area contributed by atoms with Gasteiger partial charge in [-0.1, -0.05) is 55.4 Å². The Bertz CT molecular complexity index is 2390. The first-order chi connectivity index (χ1) is 37.5. The SMILES string of the molecule is CC(C)C[C@H](NC(=O)[C@H](CC(C)C)NC(=O)[C@H](C)NC(=O)[C@H](CO)NCCNc1ccc(NCCN[C@@H](CO)C(=O)N[C@@H](C)C(=O)N[C@@H](CC(C)C)C(=O)N[C@@H](CC(C)C)C(N)=O)c2c1C(=O)c1c(O)ccc(O)c1C2=O)C(N)=O. The third-order valence-corrected chi connectivity index (χ3v) is 12.9. The fourth-order valence-corrected chi connectivity index (χ4v) is 8.77. The Morgan fingerprint density at radius 2 is 0.688 bits per heavy atom. The van der Waals surface area contributed by atoms with Crippen molar-refractivity contribution in [3.8, 4) is 11.5 Å². The molecule has 1 aliphatic carbocycles. The molecule has 8 atom stereocenters. The highest BCUT2D eigenvalue weighted by Crippen LogP contribution is 2.42. The number of aromatic hydroxyl groups is 2. The van der Waals surface area contributed by atoms with E-state index < -0.39 is 143 Å². The molecule has 0 heterocycles. The van der Waals surface area contributed by atoms with Crippen molar-refractivity contribution in [2.75, 3.05) is 50.0 Å². The summed E-state index contributed by atoms with van der Waals surface area (Å²) in [6, 6.07) is -3.81. The van der Waals surface area contributed by atoms with E-state index in [-0.39, 0.29) is 98.0 Å². The van der Waals surface area contributed by atoms with Gasteiger partial charge in [-0.25, -0.2) is 0 Å². The summed E-state index contributed by atoms with van der Waals surface area (Å²) < 4.78 is 0. The van der Waals surface area contributed by atoms with Crippen LogP contribution < -0.4 is 64.6 Å². The van der Waals surface area contributed by atoms with Crippen LogP contribution in [0.25, 0.3) is 0 Å². The summed E-state index contributed by atoms with van der Waals surface area (Å²) in [4.78, 5) is 132. The molecule has 26 nitrogen and oxygen atoms in total. The first kappa shape index (κ1) is 66.9. The van der Waals surface area contributed by atoms with Crippen molar-refractivity contribution in [2.24, 2.45) is 35.1 Å². The third kappa shape index (κ3) is 19.4. The molecule has 18 N–H and O–H groups in total. The summed E-state index contributed by atoms with van der Waals surface area (Å²) >= 11 is 0. The van der Waals surface area contributed by atoms with E-state index in [1.54, 1.807) is 0 Å². The van der Waals surface area contributed by atoms with E-state index in [4.69, 9.17) is 11.5 Å². The molecule has 0 aromatic heterocycles. The van der Waals surface area contributed by atoms with Gasteiger partial charge in [-0.3, -0.25) is 47.9 Å². The smallest absolute Gasteiger partial charge is 0.243 e. The van der Waals surface area contributed by atoms with Crippen molar-refractivity contribution in [3.05, 3.63) is 46.5 Å². The number of amides is 8. The zero-order chi connectivity index (χ0) is 60.3. The van der Waals surface area contributed by atoms with Crippen molar-refractivity contribution < 1.29 is 68.4 Å². The Morgan fingerprint density at radius 3 is 0.975 bits per heavy atom. The number of fused-ring (bicyclic) bond motifs is 2. The van der Waals surface area contributed by atoms with Crippen molar-refractivity contribution in [3.63, 3.8) is 0 Å². The van der Waals surface area contributed by atoms with Crippen LogP contribution in [0.15, 0.2) is 24.3 Å². The molecule has 26 heteroatoms. The number of rotatable bonds is 34. The molecule has 0 saturated heterocycles. The van der Waals surface area contributed by atoms with Gasteiger partial charge in [0.2, 0.25) is 58.8 Å². The van der Waals surface area contributed by atoms with Crippen LogP contribution in [0.3, 0.4) is 0 Å². The molecule has 2 aromatic carbocycles. The number of hydrogen-bond acceptors (Lipinski definition) is 18. The van der Waals surface area contributed by atoms with Gasteiger partial charge in [0, 0.05) is 37.6 Å². The second-order valence-corrected chi connectivity index (χ2v) is 21.7. The van der Waals surface area contributed by atoms with Gasteiger partial charge < -0.3 is 85.1 Å². The lowest BCUT2D eigenvalue weighted by atomic mass is 9.81. The lowest BCUT2D eigenvalue weighted by Gasteiger charge is -2.26. The Labute approximate surface area is 466 Å². The number of benzene rings is 2. The van der Waals surface area contributed by atoms with Crippen molar-refractivity contribution in [1.82, 2.24) is 42.5 Å². The minimum atomic E-state index is -1.25. The van der Waals surface area contributed by atoms with Crippen molar-refractivity contribution in [1.29, 1.82) is 0 Å². The number of anilines is 2. The number of phenolic OH excluding ortho intramolecular Hbond substituents is 2. The number of phenols is 2. The van der Waals surface area contributed by atoms with Gasteiger partial charge in [0.1, 0.15) is 59.8 Å². The molecule has 0 unspecified atom stereocenters. The van der Waals surface area contributed by atoms with E-state index in [1.807, 2.05) is 55.4 Å². The summed E-state index contributed by atoms with van der Waals surface area (Å²) in [5, 5.41) is 69.1. The maximum absolute atomic E-state index is 14.2. The molecule has 0 bridgehead atoms. The Kier molecular flexibility index (Phi) is 26.2. The second-order valence-electron chi connectivity index (χ2n) is 21.7. The molecule has 0 saturated carbocycles. The number of primary amides is 2. The zero-order valence-corrected chi connectivity index (χ0v) is 47.3. The van der Waals surface area contributed by atoms with Crippen LogP contribution in [0.1, 0.15) is 127 Å². The topological polar surface area (TPSA) is 424 Å². The average molecular weight is 1130 g/mol. The predicted octanol–water partition coefficient (Wildman–Crippen LogP) is -1.30. The minimum Gasteiger partial charge on any atom is -0.507 e. The van der Waals surface area contributed by atoms with Crippen LogP contribution in [0.5, 0.6) is 11.5 Å². The third-order valence-electron chi connectivity index (χ3n) is 12.9. The number of carbonyl (C=O) groups excluding carboxylic acids is 10. The van der Waals surface area contributed by atoms with Crippen molar-refractivity contribution >= 4 is 70.2 Å². The van der Waals surface area contributed by atoms with Crippen molar-refractivity contribution in [2.45, 2.75) is 143 Å². The standard InChI is InChI=1S/C54H84N12O14/c1-25(2)19-33(47(55)73)63-51(77)35(21-27(5)6)65-49(75)29(9)61-53(79)37(23-67)59-17-15-57-31-11-12-32(42-41(31)45(71)43-39(69)13-14-40(70)44(43)46(42)72)58-16-18-60-38(24-68)54(80)62-30(10)50(76)66-36(22-28(7)8)52(78)64-34(48(56)74)20-26(3)4/h11-14,25-30,33-38,57-60,67-70H,15-24H2,1-10H3,(H2,55,73)(H2,56,74)(H,61,79)(H,62,80)(H,63,77)(H,64,78)(H,65,75)(H,66,76)/t29-,30-,33-,34-,35-,36-,37-,38-/m0/s1. The van der Waals surface area contributed by atoms with Gasteiger partial charge in [0.25, 0.3) is 0 Å². The van der Waals surface area contributed by atoms with Crippen LogP contribution >= 0.6 is 0 Å². The molecule has 8 amide bonds. The Morgan fingerprint density at radius 1 is 0.400 bits per heavy atom. The largest absolute Gasteiger partial charge is 0.507 e. The monoisotopic (exact) mass is 1120 g/mol. The van der Waals surface area contributed by atoms with E-state index >= 15 is 0 Å². The Hall–Kier alpha value is -7.42. The van der Waals surface area contributed by atoms with E-state index in [9.17, 15) is 68.4 Å². The highest BCUT2D eigenvalue weighted by Gasteiger charge is 2.39. The lowest BCUT2D eigenvalue weighted by molar-refractivity contribution is -0.134. The fourth-order valence-electron chi connectivity index (χ4n) is 8.77. The predicted molar refractivity (Wildman–Crippen MR) is 297 cm³/mol. The molecule has 1 aliphatic rings. The molecule has 0 radical (unpaired) electrons. The number of nitrogens with two attached hydrogens (primary N) is 2. The van der Waals surface area contributed by atoms with Crippen LogP contribution in [0.2, 0.25) is 0 Å². The van der Waals surface area contributed by atoms with Gasteiger partial charge >= 0.3 is 0 Å². The molecular weight excluding hydrogens is 1040 g/mol.